The van der Waals surface area contributed by atoms with Crippen LogP contribution in [0.3, 0.4) is 0 Å². The molecule has 0 aromatic heterocycles. The highest BCUT2D eigenvalue weighted by Gasteiger charge is 2.29. The number of hydrogen-bond donors (Lipinski definition) is 1. The molecule has 0 aliphatic carbocycles. The fourth-order valence-corrected chi connectivity index (χ4v) is 3.63. The molecule has 2 aromatic carbocycles. The summed E-state index contributed by atoms with van der Waals surface area (Å²) in [5, 5.41) is 12.1. The highest BCUT2D eigenvalue weighted by Crippen LogP contribution is 2.43. The molecule has 0 saturated heterocycles. The van der Waals surface area contributed by atoms with E-state index in [1.54, 1.807) is 6.92 Å². The number of aromatic hydroxyl groups is 1. The maximum absolute atomic E-state index is 12.5. The molecule has 0 spiro atoms. The second-order valence-corrected chi connectivity index (χ2v) is 10.0. The number of anilines is 1. The van der Waals surface area contributed by atoms with Crippen molar-refractivity contribution >= 4 is 34.8 Å². The fourth-order valence-electron chi connectivity index (χ4n) is 3.18. The molecule has 0 heterocycles. The number of rotatable bonds is 7. The molecule has 0 aliphatic heterocycles. The van der Waals surface area contributed by atoms with Gasteiger partial charge in [-0.2, -0.15) is 0 Å². The first-order chi connectivity index (χ1) is 14.3. The summed E-state index contributed by atoms with van der Waals surface area (Å²) in [6, 6.07) is 7.57. The summed E-state index contributed by atoms with van der Waals surface area (Å²) in [7, 11) is 0. The van der Waals surface area contributed by atoms with Crippen LogP contribution in [0.1, 0.15) is 78.0 Å². The van der Waals surface area contributed by atoms with Crippen molar-refractivity contribution in [1.29, 1.82) is 0 Å². The summed E-state index contributed by atoms with van der Waals surface area (Å²) in [6.45, 7) is 16.1. The number of hydroxylamine groups is 1. The maximum Gasteiger partial charge on any atom is 0.257 e. The molecule has 1 amide bonds. The van der Waals surface area contributed by atoms with Crippen molar-refractivity contribution in [2.24, 2.45) is 0 Å². The van der Waals surface area contributed by atoms with E-state index in [4.69, 9.17) is 28.0 Å². The Morgan fingerprint density at radius 1 is 1.06 bits per heavy atom. The molecule has 0 saturated carbocycles. The molecule has 0 radical (unpaired) electrons. The average molecular weight is 466 g/mol. The predicted molar refractivity (Wildman–Crippen MR) is 130 cm³/mol. The van der Waals surface area contributed by atoms with Gasteiger partial charge in [0.25, 0.3) is 5.91 Å². The minimum absolute atomic E-state index is 0.00758. The van der Waals surface area contributed by atoms with Gasteiger partial charge in [0.05, 0.1) is 5.02 Å². The van der Waals surface area contributed by atoms with Gasteiger partial charge in [-0.3, -0.25) is 4.79 Å². The third-order valence-corrected chi connectivity index (χ3v) is 7.21. The van der Waals surface area contributed by atoms with Gasteiger partial charge in [-0.15, -0.1) is 5.06 Å². The molecule has 170 valence electrons. The molecule has 0 bridgehead atoms. The van der Waals surface area contributed by atoms with Crippen LogP contribution in [0.15, 0.2) is 24.3 Å². The summed E-state index contributed by atoms with van der Waals surface area (Å²) in [5.41, 5.74) is 2.65. The van der Waals surface area contributed by atoms with E-state index in [0.717, 1.165) is 23.5 Å². The van der Waals surface area contributed by atoms with Crippen LogP contribution in [0.2, 0.25) is 10.0 Å². The number of phenols is 1. The van der Waals surface area contributed by atoms with Gasteiger partial charge in [0, 0.05) is 17.5 Å². The van der Waals surface area contributed by atoms with Gasteiger partial charge >= 0.3 is 0 Å². The normalized spacial score (nSPS) is 12.1. The molecule has 31 heavy (non-hydrogen) atoms. The monoisotopic (exact) mass is 465 g/mol. The lowest BCUT2D eigenvalue weighted by Gasteiger charge is -2.32. The second kappa shape index (κ2) is 9.30. The standard InChI is InChI=1S/C25H33Cl2NO3/c1-9-24(5,6)17-11-12-21(18(13-17)25(7,8)10-2)31-28(16(4)29)20-14-19(26)15(3)22(27)23(20)30/h11-14,30H,9-10H2,1-8H3. The Hall–Kier alpha value is -1.91. The molecule has 6 heteroatoms. The van der Waals surface area contributed by atoms with Crippen LogP contribution in [-0.2, 0) is 15.6 Å². The van der Waals surface area contributed by atoms with Crippen molar-refractivity contribution in [2.75, 3.05) is 5.06 Å². The predicted octanol–water partition coefficient (Wildman–Crippen LogP) is 7.73. The first kappa shape index (κ1) is 25.4. The Morgan fingerprint density at radius 2 is 1.65 bits per heavy atom. The third kappa shape index (κ3) is 5.12. The summed E-state index contributed by atoms with van der Waals surface area (Å²) < 4.78 is 0. The smallest absolute Gasteiger partial charge is 0.257 e. The number of phenolic OH excluding ortho intramolecular Hbond substituents is 1. The molecule has 0 atom stereocenters. The Morgan fingerprint density at radius 3 is 2.16 bits per heavy atom. The van der Waals surface area contributed by atoms with E-state index in [1.807, 2.05) is 12.1 Å². The van der Waals surface area contributed by atoms with Crippen molar-refractivity contribution < 1.29 is 14.7 Å². The first-order valence-corrected chi connectivity index (χ1v) is 11.3. The number of hydrogen-bond acceptors (Lipinski definition) is 3. The lowest BCUT2D eigenvalue weighted by atomic mass is 9.76. The summed E-state index contributed by atoms with van der Waals surface area (Å²) in [6.07, 6.45) is 1.87. The quantitative estimate of drug-likeness (QED) is 0.425. The second-order valence-electron chi connectivity index (χ2n) is 9.26. The van der Waals surface area contributed by atoms with Gasteiger partial charge in [0.2, 0.25) is 0 Å². The Balaban J connectivity index is 2.65. The summed E-state index contributed by atoms with van der Waals surface area (Å²) in [4.78, 5) is 18.6. The average Bonchev–Trinajstić information content (AvgIpc) is 2.72. The topological polar surface area (TPSA) is 49.8 Å². The van der Waals surface area contributed by atoms with E-state index >= 15 is 0 Å². The molecule has 4 nitrogen and oxygen atoms in total. The van der Waals surface area contributed by atoms with Gasteiger partial charge in [-0.1, -0.05) is 76.9 Å². The van der Waals surface area contributed by atoms with Crippen LogP contribution < -0.4 is 9.90 Å². The van der Waals surface area contributed by atoms with Gasteiger partial charge in [0.15, 0.2) is 11.5 Å². The van der Waals surface area contributed by atoms with E-state index in [1.165, 1.54) is 18.6 Å². The van der Waals surface area contributed by atoms with Gasteiger partial charge < -0.3 is 9.94 Å². The van der Waals surface area contributed by atoms with E-state index in [9.17, 15) is 9.90 Å². The van der Waals surface area contributed by atoms with E-state index in [-0.39, 0.29) is 27.3 Å². The third-order valence-electron chi connectivity index (χ3n) is 6.35. The van der Waals surface area contributed by atoms with Crippen molar-refractivity contribution in [3.63, 3.8) is 0 Å². The van der Waals surface area contributed by atoms with E-state index in [2.05, 4.69) is 47.6 Å². The number of carbonyl (C=O) groups is 1. The minimum atomic E-state index is -0.412. The largest absolute Gasteiger partial charge is 0.504 e. The molecular formula is C25H33Cl2NO3. The van der Waals surface area contributed by atoms with Gasteiger partial charge in [-0.25, -0.2) is 0 Å². The maximum atomic E-state index is 12.5. The molecule has 0 unspecified atom stereocenters. The van der Waals surface area contributed by atoms with E-state index in [0.29, 0.717) is 16.3 Å². The zero-order valence-electron chi connectivity index (χ0n) is 19.7. The van der Waals surface area contributed by atoms with Crippen LogP contribution >= 0.6 is 23.2 Å². The Kier molecular flexibility index (Phi) is 7.60. The Labute approximate surface area is 196 Å². The lowest BCUT2D eigenvalue weighted by Crippen LogP contribution is -2.33. The van der Waals surface area contributed by atoms with Crippen molar-refractivity contribution in [1.82, 2.24) is 0 Å². The van der Waals surface area contributed by atoms with Crippen molar-refractivity contribution in [2.45, 2.75) is 79.1 Å². The molecule has 1 N–H and O–H groups in total. The SMILES string of the molecule is CCC(C)(C)c1ccc(ON(C(C)=O)c2cc(Cl)c(C)c(Cl)c2O)c(C(C)(C)CC)c1. The zero-order chi connectivity index (χ0) is 23.7. The first-order valence-electron chi connectivity index (χ1n) is 10.6. The van der Waals surface area contributed by atoms with E-state index < -0.39 is 5.91 Å². The zero-order valence-corrected chi connectivity index (χ0v) is 21.2. The number of amides is 1. The van der Waals surface area contributed by atoms with Crippen molar-refractivity contribution in [3.05, 3.63) is 51.0 Å². The number of halogens is 2. The molecule has 0 aliphatic rings. The van der Waals surface area contributed by atoms with Crippen LogP contribution in [0.25, 0.3) is 0 Å². The highest BCUT2D eigenvalue weighted by atomic mass is 35.5. The summed E-state index contributed by atoms with van der Waals surface area (Å²) in [5.74, 6) is -0.117. The molecular weight excluding hydrogens is 433 g/mol. The van der Waals surface area contributed by atoms with Crippen LogP contribution in [0, 0.1) is 6.92 Å². The van der Waals surface area contributed by atoms with Crippen molar-refractivity contribution in [3.8, 4) is 11.5 Å². The van der Waals surface area contributed by atoms with Crippen LogP contribution in [-0.4, -0.2) is 11.0 Å². The fraction of sp³-hybridized carbons (Fsp3) is 0.480. The van der Waals surface area contributed by atoms with Gasteiger partial charge in [0.1, 0.15) is 5.69 Å². The summed E-state index contributed by atoms with van der Waals surface area (Å²) >= 11 is 12.5. The molecule has 2 aromatic rings. The molecule has 2 rings (SSSR count). The Bertz CT molecular complexity index is 983. The van der Waals surface area contributed by atoms with Gasteiger partial charge in [-0.05, 0) is 53.9 Å². The lowest BCUT2D eigenvalue weighted by molar-refractivity contribution is -0.120. The van der Waals surface area contributed by atoms with Crippen LogP contribution in [0.4, 0.5) is 5.69 Å². The minimum Gasteiger partial charge on any atom is -0.504 e. The number of benzene rings is 2. The number of carbonyl (C=O) groups excluding carboxylic acids is 1. The molecule has 0 fully saturated rings. The van der Waals surface area contributed by atoms with Crippen LogP contribution in [0.5, 0.6) is 11.5 Å². The number of nitrogens with zero attached hydrogens (tertiary/aromatic N) is 1. The highest BCUT2D eigenvalue weighted by molar-refractivity contribution is 6.37.